The fourth-order valence-electron chi connectivity index (χ4n) is 0.920. The van der Waals surface area contributed by atoms with Crippen LogP contribution in [0.25, 0.3) is 0 Å². The zero-order valence-electron chi connectivity index (χ0n) is 6.00. The number of nitrogens with two attached hydrogens (primary N) is 1. The second-order valence-corrected chi connectivity index (χ2v) is 2.68. The van der Waals surface area contributed by atoms with E-state index in [-0.39, 0.29) is 6.04 Å². The highest BCUT2D eigenvalue weighted by Gasteiger charge is 2.09. The second-order valence-electron chi connectivity index (χ2n) is 2.32. The Bertz CT molecular complexity index is 209. The lowest BCUT2D eigenvalue weighted by molar-refractivity contribution is 0.715. The van der Waals surface area contributed by atoms with Gasteiger partial charge in [-0.05, 0) is 6.92 Å². The first-order valence-corrected chi connectivity index (χ1v) is 3.43. The van der Waals surface area contributed by atoms with Gasteiger partial charge in [0.1, 0.15) is 0 Å². The average molecular weight is 160 g/mol. The Morgan fingerprint density at radius 3 is 2.60 bits per heavy atom. The van der Waals surface area contributed by atoms with Crippen molar-refractivity contribution < 1.29 is 0 Å². The molecular weight excluding hydrogens is 150 g/mol. The summed E-state index contributed by atoms with van der Waals surface area (Å²) in [6, 6.07) is -0.0556. The van der Waals surface area contributed by atoms with E-state index in [4.69, 9.17) is 17.3 Å². The predicted molar refractivity (Wildman–Crippen MR) is 40.8 cm³/mol. The van der Waals surface area contributed by atoms with Crippen LogP contribution < -0.4 is 5.73 Å². The summed E-state index contributed by atoms with van der Waals surface area (Å²) in [7, 11) is 1.87. The molecule has 0 saturated heterocycles. The van der Waals surface area contributed by atoms with Gasteiger partial charge in [-0.2, -0.15) is 0 Å². The first-order chi connectivity index (χ1) is 4.63. The van der Waals surface area contributed by atoms with Gasteiger partial charge in [0.05, 0.1) is 12.0 Å². The molecule has 2 N–H and O–H groups in total. The summed E-state index contributed by atoms with van der Waals surface area (Å²) in [6.07, 6.45) is 1.65. The summed E-state index contributed by atoms with van der Waals surface area (Å²) < 4.78 is 1.83. The van der Waals surface area contributed by atoms with Crippen molar-refractivity contribution in [2.24, 2.45) is 12.8 Å². The molecule has 4 heteroatoms. The van der Waals surface area contributed by atoms with Crippen molar-refractivity contribution in [3.8, 4) is 0 Å². The lowest BCUT2D eigenvalue weighted by atomic mass is 10.3. The van der Waals surface area contributed by atoms with Gasteiger partial charge < -0.3 is 10.3 Å². The van der Waals surface area contributed by atoms with Crippen LogP contribution in [0.2, 0.25) is 5.15 Å². The largest absolute Gasteiger partial charge is 0.335 e. The van der Waals surface area contributed by atoms with Crippen LogP contribution in [-0.4, -0.2) is 9.55 Å². The molecule has 0 bridgehead atoms. The minimum Gasteiger partial charge on any atom is -0.335 e. The maximum absolute atomic E-state index is 5.73. The Morgan fingerprint density at radius 1 is 1.80 bits per heavy atom. The summed E-state index contributed by atoms with van der Waals surface area (Å²) in [6.45, 7) is 1.88. The third-order valence-electron chi connectivity index (χ3n) is 1.37. The quantitative estimate of drug-likeness (QED) is 0.667. The standard InChI is InChI=1S/C6H10ClN3/c1-4(8)5-6(7)9-3-10(5)2/h3-4H,8H2,1-2H3. The van der Waals surface area contributed by atoms with E-state index < -0.39 is 0 Å². The van der Waals surface area contributed by atoms with E-state index in [0.717, 1.165) is 5.69 Å². The third kappa shape index (κ3) is 1.15. The van der Waals surface area contributed by atoms with Crippen molar-refractivity contribution in [1.29, 1.82) is 0 Å². The van der Waals surface area contributed by atoms with Gasteiger partial charge in [0, 0.05) is 13.1 Å². The molecule has 0 aliphatic heterocycles. The Kier molecular flexibility index (Phi) is 1.97. The minimum absolute atomic E-state index is 0.0556. The Morgan fingerprint density at radius 2 is 2.40 bits per heavy atom. The first-order valence-electron chi connectivity index (χ1n) is 3.05. The number of hydrogen-bond donors (Lipinski definition) is 1. The lowest BCUT2D eigenvalue weighted by Crippen LogP contribution is -2.09. The molecule has 1 rings (SSSR count). The molecule has 0 fully saturated rings. The molecule has 10 heavy (non-hydrogen) atoms. The van der Waals surface area contributed by atoms with E-state index >= 15 is 0 Å². The highest BCUT2D eigenvalue weighted by Crippen LogP contribution is 2.17. The molecule has 1 heterocycles. The summed E-state index contributed by atoms with van der Waals surface area (Å²) in [4.78, 5) is 3.89. The normalized spacial score (nSPS) is 13.6. The van der Waals surface area contributed by atoms with Crippen LogP contribution in [0.1, 0.15) is 18.7 Å². The molecule has 1 aromatic heterocycles. The summed E-state index contributed by atoms with van der Waals surface area (Å²) in [5.74, 6) is 0. The number of aromatic nitrogens is 2. The van der Waals surface area contributed by atoms with Crippen LogP contribution in [-0.2, 0) is 7.05 Å². The molecule has 0 aromatic carbocycles. The van der Waals surface area contributed by atoms with E-state index in [1.165, 1.54) is 0 Å². The fraction of sp³-hybridized carbons (Fsp3) is 0.500. The van der Waals surface area contributed by atoms with Gasteiger partial charge in [-0.25, -0.2) is 4.98 Å². The zero-order chi connectivity index (χ0) is 7.72. The van der Waals surface area contributed by atoms with E-state index in [9.17, 15) is 0 Å². The Hall–Kier alpha value is -0.540. The number of hydrogen-bond acceptors (Lipinski definition) is 2. The molecule has 0 spiro atoms. The van der Waals surface area contributed by atoms with Crippen LogP contribution in [0.4, 0.5) is 0 Å². The van der Waals surface area contributed by atoms with Crippen LogP contribution in [0.5, 0.6) is 0 Å². The van der Waals surface area contributed by atoms with Crippen LogP contribution in [0.15, 0.2) is 6.33 Å². The van der Waals surface area contributed by atoms with E-state index in [1.807, 2.05) is 18.5 Å². The van der Waals surface area contributed by atoms with Gasteiger partial charge in [-0.1, -0.05) is 11.6 Å². The number of aryl methyl sites for hydroxylation is 1. The van der Waals surface area contributed by atoms with Crippen molar-refractivity contribution in [2.45, 2.75) is 13.0 Å². The summed E-state index contributed by atoms with van der Waals surface area (Å²) in [5.41, 5.74) is 6.49. The van der Waals surface area contributed by atoms with Gasteiger partial charge in [0.15, 0.2) is 5.15 Å². The van der Waals surface area contributed by atoms with Gasteiger partial charge in [0.25, 0.3) is 0 Å². The fourth-order valence-corrected chi connectivity index (χ4v) is 1.27. The smallest absolute Gasteiger partial charge is 0.151 e. The highest BCUT2D eigenvalue weighted by atomic mass is 35.5. The number of nitrogens with zero attached hydrogens (tertiary/aromatic N) is 2. The monoisotopic (exact) mass is 159 g/mol. The topological polar surface area (TPSA) is 43.8 Å². The highest BCUT2D eigenvalue weighted by molar-refractivity contribution is 6.30. The summed E-state index contributed by atoms with van der Waals surface area (Å²) in [5, 5.41) is 0.498. The molecule has 56 valence electrons. The maximum Gasteiger partial charge on any atom is 0.151 e. The molecule has 1 unspecified atom stereocenters. The van der Waals surface area contributed by atoms with E-state index in [0.29, 0.717) is 5.15 Å². The van der Waals surface area contributed by atoms with Crippen LogP contribution >= 0.6 is 11.6 Å². The molecule has 1 atom stereocenters. The SMILES string of the molecule is CC(N)c1c(Cl)ncn1C. The van der Waals surface area contributed by atoms with Crippen molar-refractivity contribution in [1.82, 2.24) is 9.55 Å². The molecule has 0 aliphatic carbocycles. The Labute approximate surface area is 64.8 Å². The maximum atomic E-state index is 5.73. The van der Waals surface area contributed by atoms with Gasteiger partial charge in [0.2, 0.25) is 0 Å². The van der Waals surface area contributed by atoms with Crippen LogP contribution in [0.3, 0.4) is 0 Å². The minimum atomic E-state index is -0.0556. The van der Waals surface area contributed by atoms with Crippen molar-refractivity contribution >= 4 is 11.6 Å². The van der Waals surface area contributed by atoms with Crippen molar-refractivity contribution in [2.75, 3.05) is 0 Å². The molecule has 0 aliphatic rings. The first kappa shape index (κ1) is 7.57. The number of imidazole rings is 1. The molecule has 3 nitrogen and oxygen atoms in total. The number of halogens is 1. The molecule has 0 amide bonds. The van der Waals surface area contributed by atoms with E-state index in [1.54, 1.807) is 6.33 Å². The predicted octanol–water partition coefficient (Wildman–Crippen LogP) is 1.09. The molecule has 1 aromatic rings. The van der Waals surface area contributed by atoms with E-state index in [2.05, 4.69) is 4.98 Å². The van der Waals surface area contributed by atoms with Crippen LogP contribution in [0, 0.1) is 0 Å². The van der Waals surface area contributed by atoms with Crippen molar-refractivity contribution in [3.05, 3.63) is 17.2 Å². The zero-order valence-corrected chi connectivity index (χ0v) is 6.76. The van der Waals surface area contributed by atoms with Gasteiger partial charge in [-0.3, -0.25) is 0 Å². The van der Waals surface area contributed by atoms with Gasteiger partial charge in [-0.15, -0.1) is 0 Å². The molecule has 0 radical (unpaired) electrons. The summed E-state index contributed by atoms with van der Waals surface area (Å²) >= 11 is 5.73. The molecular formula is C6H10ClN3. The third-order valence-corrected chi connectivity index (χ3v) is 1.66. The Balaban J connectivity index is 3.10. The second kappa shape index (κ2) is 2.60. The lowest BCUT2D eigenvalue weighted by Gasteiger charge is -2.05. The number of rotatable bonds is 1. The van der Waals surface area contributed by atoms with Crippen molar-refractivity contribution in [3.63, 3.8) is 0 Å². The molecule has 0 saturated carbocycles. The average Bonchev–Trinajstić information content (AvgIpc) is 2.11. The van der Waals surface area contributed by atoms with Gasteiger partial charge >= 0.3 is 0 Å².